The highest BCUT2D eigenvalue weighted by atomic mass is 79.9. The standard InChI is InChI=1S/C11H11BrN2O2S/c1-7-9(17-6-13-7)2-3-14-5-8(11(15)16)4-10(14)12/h4-6H,2-3H2,1H3,(H,15,16). The number of carboxylic acid groups (broad SMARTS) is 1. The normalized spacial score (nSPS) is 10.7. The van der Waals surface area contributed by atoms with E-state index in [1.165, 1.54) is 4.88 Å². The second-order valence-electron chi connectivity index (χ2n) is 3.66. The lowest BCUT2D eigenvalue weighted by Crippen LogP contribution is -2.00. The van der Waals surface area contributed by atoms with Crippen molar-refractivity contribution in [1.82, 2.24) is 9.55 Å². The number of halogens is 1. The fourth-order valence-corrected chi connectivity index (χ4v) is 2.85. The van der Waals surface area contributed by atoms with E-state index in [9.17, 15) is 4.79 Å². The summed E-state index contributed by atoms with van der Waals surface area (Å²) >= 11 is 4.99. The Morgan fingerprint density at radius 3 is 2.94 bits per heavy atom. The molecule has 0 unspecified atom stereocenters. The minimum atomic E-state index is -0.904. The fraction of sp³-hybridized carbons (Fsp3) is 0.273. The number of aromatic carboxylic acids is 1. The number of hydrogen-bond donors (Lipinski definition) is 1. The monoisotopic (exact) mass is 314 g/mol. The van der Waals surface area contributed by atoms with E-state index in [1.807, 2.05) is 17.0 Å². The van der Waals surface area contributed by atoms with E-state index in [0.29, 0.717) is 5.56 Å². The van der Waals surface area contributed by atoms with Crippen LogP contribution in [0.3, 0.4) is 0 Å². The maximum Gasteiger partial charge on any atom is 0.337 e. The summed E-state index contributed by atoms with van der Waals surface area (Å²) in [5.41, 5.74) is 3.19. The highest BCUT2D eigenvalue weighted by molar-refractivity contribution is 9.10. The third kappa shape index (κ3) is 2.76. The van der Waals surface area contributed by atoms with E-state index in [0.717, 1.165) is 23.3 Å². The van der Waals surface area contributed by atoms with Gasteiger partial charge in [-0.2, -0.15) is 0 Å². The van der Waals surface area contributed by atoms with Gasteiger partial charge in [0.25, 0.3) is 0 Å². The lowest BCUT2D eigenvalue weighted by molar-refractivity contribution is 0.0697. The first-order chi connectivity index (χ1) is 8.08. The van der Waals surface area contributed by atoms with E-state index >= 15 is 0 Å². The molecule has 0 spiro atoms. The Hall–Kier alpha value is -1.14. The number of carbonyl (C=O) groups is 1. The van der Waals surface area contributed by atoms with E-state index in [2.05, 4.69) is 20.9 Å². The maximum atomic E-state index is 10.8. The molecule has 2 aromatic heterocycles. The molecule has 0 radical (unpaired) electrons. The van der Waals surface area contributed by atoms with Crippen molar-refractivity contribution in [3.05, 3.63) is 38.5 Å². The quantitative estimate of drug-likeness (QED) is 0.944. The van der Waals surface area contributed by atoms with Gasteiger partial charge in [0.1, 0.15) is 0 Å². The number of carboxylic acids is 1. The van der Waals surface area contributed by atoms with E-state index < -0.39 is 5.97 Å². The van der Waals surface area contributed by atoms with Crippen molar-refractivity contribution in [1.29, 1.82) is 0 Å². The van der Waals surface area contributed by atoms with Gasteiger partial charge in [0.05, 0.1) is 21.4 Å². The molecule has 6 heteroatoms. The summed E-state index contributed by atoms with van der Waals surface area (Å²) in [5, 5.41) is 8.88. The molecule has 0 fully saturated rings. The molecule has 1 N–H and O–H groups in total. The zero-order valence-electron chi connectivity index (χ0n) is 9.18. The van der Waals surface area contributed by atoms with Gasteiger partial charge in [0.15, 0.2) is 0 Å². The van der Waals surface area contributed by atoms with Crippen LogP contribution in [0.25, 0.3) is 0 Å². The minimum absolute atomic E-state index is 0.304. The molecule has 90 valence electrons. The molecule has 0 aromatic carbocycles. The molecular formula is C11H11BrN2O2S. The molecule has 0 aliphatic heterocycles. The van der Waals surface area contributed by atoms with Gasteiger partial charge in [-0.05, 0) is 28.9 Å². The van der Waals surface area contributed by atoms with Gasteiger partial charge in [-0.25, -0.2) is 9.78 Å². The average Bonchev–Trinajstić information content (AvgIpc) is 2.82. The molecule has 4 nitrogen and oxygen atoms in total. The Balaban J connectivity index is 2.09. The van der Waals surface area contributed by atoms with E-state index in [4.69, 9.17) is 5.11 Å². The first-order valence-electron chi connectivity index (χ1n) is 5.06. The Morgan fingerprint density at radius 1 is 1.65 bits per heavy atom. The number of nitrogens with zero attached hydrogens (tertiary/aromatic N) is 2. The van der Waals surface area contributed by atoms with Crippen LogP contribution in [-0.4, -0.2) is 20.6 Å². The molecule has 0 bridgehead atoms. The third-order valence-electron chi connectivity index (χ3n) is 2.52. The van der Waals surface area contributed by atoms with Crippen LogP contribution in [-0.2, 0) is 13.0 Å². The van der Waals surface area contributed by atoms with Gasteiger partial charge in [-0.3, -0.25) is 0 Å². The van der Waals surface area contributed by atoms with Gasteiger partial charge in [-0.1, -0.05) is 0 Å². The van der Waals surface area contributed by atoms with E-state index in [1.54, 1.807) is 23.6 Å². The zero-order valence-corrected chi connectivity index (χ0v) is 11.6. The fourth-order valence-electron chi connectivity index (χ4n) is 1.55. The van der Waals surface area contributed by atoms with Crippen molar-refractivity contribution in [2.75, 3.05) is 0 Å². The molecule has 0 amide bonds. The predicted octanol–water partition coefficient (Wildman–Crippen LogP) is 2.96. The van der Waals surface area contributed by atoms with Crippen molar-refractivity contribution < 1.29 is 9.90 Å². The van der Waals surface area contributed by atoms with Crippen LogP contribution in [0, 0.1) is 6.92 Å². The summed E-state index contributed by atoms with van der Waals surface area (Å²) in [4.78, 5) is 16.2. The smallest absolute Gasteiger partial charge is 0.337 e. The van der Waals surface area contributed by atoms with Crippen LogP contribution < -0.4 is 0 Å². The number of thiazole rings is 1. The second kappa shape index (κ2) is 5.01. The van der Waals surface area contributed by atoms with Gasteiger partial charge >= 0.3 is 5.97 Å². The van der Waals surface area contributed by atoms with Crippen LogP contribution in [0.2, 0.25) is 0 Å². The van der Waals surface area contributed by atoms with Crippen LogP contribution in [0.5, 0.6) is 0 Å². The molecule has 0 aliphatic rings. The van der Waals surface area contributed by atoms with Gasteiger partial charge in [0.2, 0.25) is 0 Å². The Morgan fingerprint density at radius 2 is 2.41 bits per heavy atom. The minimum Gasteiger partial charge on any atom is -0.478 e. The van der Waals surface area contributed by atoms with Crippen LogP contribution in [0.1, 0.15) is 20.9 Å². The number of rotatable bonds is 4. The predicted molar refractivity (Wildman–Crippen MR) is 69.6 cm³/mol. The summed E-state index contributed by atoms with van der Waals surface area (Å²) in [5.74, 6) is -0.904. The SMILES string of the molecule is Cc1ncsc1CCn1cc(C(=O)O)cc1Br. The molecule has 0 aliphatic carbocycles. The lowest BCUT2D eigenvalue weighted by Gasteiger charge is -2.03. The largest absolute Gasteiger partial charge is 0.478 e. The van der Waals surface area contributed by atoms with Crippen molar-refractivity contribution in [2.45, 2.75) is 19.9 Å². The number of aromatic nitrogens is 2. The second-order valence-corrected chi connectivity index (χ2v) is 5.41. The Kier molecular flexibility index (Phi) is 3.63. The van der Waals surface area contributed by atoms with Crippen LogP contribution in [0.15, 0.2) is 22.4 Å². The summed E-state index contributed by atoms with van der Waals surface area (Å²) in [6.07, 6.45) is 2.51. The van der Waals surface area contributed by atoms with Crippen LogP contribution in [0.4, 0.5) is 0 Å². The molecule has 0 atom stereocenters. The number of aryl methyl sites for hydroxylation is 3. The highest BCUT2D eigenvalue weighted by Gasteiger charge is 2.10. The van der Waals surface area contributed by atoms with Gasteiger partial charge in [0, 0.05) is 24.0 Å². The molecular weight excluding hydrogens is 304 g/mol. The highest BCUT2D eigenvalue weighted by Crippen LogP contribution is 2.18. The first-order valence-corrected chi connectivity index (χ1v) is 6.73. The maximum absolute atomic E-state index is 10.8. The van der Waals surface area contributed by atoms with E-state index in [-0.39, 0.29) is 0 Å². The topological polar surface area (TPSA) is 55.1 Å². The van der Waals surface area contributed by atoms with Crippen molar-refractivity contribution in [3.8, 4) is 0 Å². The molecule has 17 heavy (non-hydrogen) atoms. The molecule has 2 rings (SSSR count). The Labute approximate surface area is 111 Å². The van der Waals surface area contributed by atoms with Crippen molar-refractivity contribution >= 4 is 33.2 Å². The zero-order chi connectivity index (χ0) is 12.4. The van der Waals surface area contributed by atoms with Crippen LogP contribution >= 0.6 is 27.3 Å². The van der Waals surface area contributed by atoms with Gasteiger partial charge in [-0.15, -0.1) is 11.3 Å². The van der Waals surface area contributed by atoms with Gasteiger partial charge < -0.3 is 9.67 Å². The van der Waals surface area contributed by atoms with Crippen molar-refractivity contribution in [3.63, 3.8) is 0 Å². The molecule has 0 saturated heterocycles. The summed E-state index contributed by atoms with van der Waals surface area (Å²) in [6.45, 7) is 2.73. The third-order valence-corrected chi connectivity index (χ3v) is 4.19. The molecule has 0 saturated carbocycles. The summed E-state index contributed by atoms with van der Waals surface area (Å²) < 4.78 is 2.68. The number of hydrogen-bond acceptors (Lipinski definition) is 3. The van der Waals surface area contributed by atoms with Crippen molar-refractivity contribution in [2.24, 2.45) is 0 Å². The lowest BCUT2D eigenvalue weighted by atomic mass is 10.3. The summed E-state index contributed by atoms with van der Waals surface area (Å²) in [7, 11) is 0. The first kappa shape index (κ1) is 12.3. The average molecular weight is 315 g/mol. The molecule has 2 aromatic rings. The Bertz CT molecular complexity index is 547. The molecule has 2 heterocycles. The summed E-state index contributed by atoms with van der Waals surface area (Å²) in [6, 6.07) is 1.61.